The molecular formula is C19H18N4O2. The summed E-state index contributed by atoms with van der Waals surface area (Å²) in [7, 11) is 1.61. The molecule has 0 bridgehead atoms. The number of amides is 1. The first-order valence-electron chi connectivity index (χ1n) is 7.79. The number of nitrogens with zero attached hydrogens (tertiary/aromatic N) is 3. The Kier molecular flexibility index (Phi) is 4.89. The molecule has 25 heavy (non-hydrogen) atoms. The molecule has 0 radical (unpaired) electrons. The first-order valence-corrected chi connectivity index (χ1v) is 7.79. The molecular weight excluding hydrogens is 316 g/mol. The number of benzene rings is 2. The van der Waals surface area contributed by atoms with E-state index in [1.54, 1.807) is 17.9 Å². The lowest BCUT2D eigenvalue weighted by Gasteiger charge is -2.06. The summed E-state index contributed by atoms with van der Waals surface area (Å²) >= 11 is 0. The fraction of sp³-hybridized carbons (Fsp3) is 0.105. The van der Waals surface area contributed by atoms with Crippen LogP contribution in [-0.4, -0.2) is 34.3 Å². The Bertz CT molecular complexity index is 870. The number of carbonyl (C=O) groups is 1. The van der Waals surface area contributed by atoms with Crippen molar-refractivity contribution >= 4 is 5.91 Å². The van der Waals surface area contributed by atoms with Gasteiger partial charge in [-0.25, -0.2) is 9.67 Å². The Morgan fingerprint density at radius 1 is 1.20 bits per heavy atom. The van der Waals surface area contributed by atoms with Crippen molar-refractivity contribution in [1.29, 1.82) is 0 Å². The number of rotatable bonds is 6. The van der Waals surface area contributed by atoms with Gasteiger partial charge in [0.2, 0.25) is 5.82 Å². The Morgan fingerprint density at radius 3 is 2.56 bits per heavy atom. The average Bonchev–Trinajstić information content (AvgIpc) is 3.12. The zero-order valence-corrected chi connectivity index (χ0v) is 13.8. The minimum absolute atomic E-state index is 0.108. The monoisotopic (exact) mass is 334 g/mol. The van der Waals surface area contributed by atoms with Gasteiger partial charge in [0.25, 0.3) is 5.91 Å². The molecule has 2 aromatic carbocycles. The van der Waals surface area contributed by atoms with Crippen LogP contribution in [0.15, 0.2) is 67.3 Å². The van der Waals surface area contributed by atoms with Crippen molar-refractivity contribution in [3.8, 4) is 22.8 Å². The van der Waals surface area contributed by atoms with E-state index in [4.69, 9.17) is 4.74 Å². The number of carbonyl (C=O) groups excluding carboxylic acids is 1. The second-order valence-corrected chi connectivity index (χ2v) is 5.23. The van der Waals surface area contributed by atoms with Crippen LogP contribution in [0.2, 0.25) is 0 Å². The van der Waals surface area contributed by atoms with Gasteiger partial charge in [0, 0.05) is 12.1 Å². The van der Waals surface area contributed by atoms with Gasteiger partial charge < -0.3 is 10.1 Å². The SMILES string of the molecule is C=CCNC(=O)c1nc(-c2ccccc2)n(-c2ccc(OC)cc2)n1. The smallest absolute Gasteiger partial charge is 0.291 e. The summed E-state index contributed by atoms with van der Waals surface area (Å²) in [5.41, 5.74) is 1.66. The van der Waals surface area contributed by atoms with E-state index in [-0.39, 0.29) is 11.7 Å². The lowest BCUT2D eigenvalue weighted by atomic mass is 10.2. The summed E-state index contributed by atoms with van der Waals surface area (Å²) < 4.78 is 6.84. The molecule has 1 N–H and O–H groups in total. The molecule has 0 saturated heterocycles. The Balaban J connectivity index is 2.06. The van der Waals surface area contributed by atoms with Gasteiger partial charge >= 0.3 is 0 Å². The fourth-order valence-electron chi connectivity index (χ4n) is 2.33. The largest absolute Gasteiger partial charge is 0.497 e. The molecule has 0 fully saturated rings. The van der Waals surface area contributed by atoms with Crippen LogP contribution in [0.4, 0.5) is 0 Å². The summed E-state index contributed by atoms with van der Waals surface area (Å²) in [4.78, 5) is 16.6. The van der Waals surface area contributed by atoms with Gasteiger partial charge in [-0.3, -0.25) is 4.79 Å². The van der Waals surface area contributed by atoms with E-state index in [2.05, 4.69) is 22.0 Å². The quantitative estimate of drug-likeness (QED) is 0.704. The van der Waals surface area contributed by atoms with Gasteiger partial charge in [0.05, 0.1) is 12.8 Å². The molecule has 6 heteroatoms. The first-order chi connectivity index (χ1) is 12.2. The van der Waals surface area contributed by atoms with E-state index >= 15 is 0 Å². The van der Waals surface area contributed by atoms with Crippen LogP contribution in [0, 0.1) is 0 Å². The molecule has 0 aliphatic rings. The minimum atomic E-state index is -0.343. The fourth-order valence-corrected chi connectivity index (χ4v) is 2.33. The zero-order valence-electron chi connectivity index (χ0n) is 13.8. The molecule has 3 rings (SSSR count). The number of hydrogen-bond acceptors (Lipinski definition) is 4. The van der Waals surface area contributed by atoms with Gasteiger partial charge in [-0.15, -0.1) is 11.7 Å². The maximum atomic E-state index is 12.2. The van der Waals surface area contributed by atoms with Crippen LogP contribution in [0.3, 0.4) is 0 Å². The van der Waals surface area contributed by atoms with Crippen LogP contribution in [-0.2, 0) is 0 Å². The number of methoxy groups -OCH3 is 1. The summed E-state index contributed by atoms with van der Waals surface area (Å²) in [6.45, 7) is 3.95. The van der Waals surface area contributed by atoms with Crippen molar-refractivity contribution in [2.45, 2.75) is 0 Å². The van der Waals surface area contributed by atoms with Crippen LogP contribution in [0.1, 0.15) is 10.6 Å². The first kappa shape index (κ1) is 16.4. The third kappa shape index (κ3) is 3.58. The van der Waals surface area contributed by atoms with E-state index in [1.165, 1.54) is 0 Å². The number of aromatic nitrogens is 3. The third-order valence-electron chi connectivity index (χ3n) is 3.57. The van der Waals surface area contributed by atoms with Gasteiger partial charge in [0.1, 0.15) is 5.75 Å². The van der Waals surface area contributed by atoms with Crippen molar-refractivity contribution in [2.75, 3.05) is 13.7 Å². The molecule has 0 aliphatic heterocycles. The lowest BCUT2D eigenvalue weighted by molar-refractivity contribution is 0.0948. The van der Waals surface area contributed by atoms with E-state index in [9.17, 15) is 4.79 Å². The molecule has 1 aromatic heterocycles. The van der Waals surface area contributed by atoms with E-state index in [0.29, 0.717) is 12.4 Å². The summed E-state index contributed by atoms with van der Waals surface area (Å²) in [6.07, 6.45) is 1.61. The normalized spacial score (nSPS) is 10.3. The zero-order chi connectivity index (χ0) is 17.6. The molecule has 126 valence electrons. The summed E-state index contributed by atoms with van der Waals surface area (Å²) in [6, 6.07) is 17.0. The highest BCUT2D eigenvalue weighted by atomic mass is 16.5. The van der Waals surface area contributed by atoms with E-state index < -0.39 is 0 Å². The van der Waals surface area contributed by atoms with Crippen LogP contribution < -0.4 is 10.1 Å². The maximum absolute atomic E-state index is 12.2. The molecule has 0 spiro atoms. The number of hydrogen-bond donors (Lipinski definition) is 1. The molecule has 1 amide bonds. The molecule has 0 aliphatic carbocycles. The molecule has 6 nitrogen and oxygen atoms in total. The summed E-state index contributed by atoms with van der Waals surface area (Å²) in [5.74, 6) is 1.10. The predicted octanol–water partition coefficient (Wildman–Crippen LogP) is 2.86. The van der Waals surface area contributed by atoms with Gasteiger partial charge in [-0.05, 0) is 24.3 Å². The molecule has 1 heterocycles. The standard InChI is InChI=1S/C19H18N4O2/c1-3-13-20-19(24)17-21-18(14-7-5-4-6-8-14)23(22-17)15-9-11-16(25-2)12-10-15/h3-12H,1,13H2,2H3,(H,20,24). The molecule has 0 atom stereocenters. The van der Waals surface area contributed by atoms with Crippen molar-refractivity contribution in [3.63, 3.8) is 0 Å². The molecule has 0 unspecified atom stereocenters. The van der Waals surface area contributed by atoms with Gasteiger partial charge in [-0.1, -0.05) is 36.4 Å². The van der Waals surface area contributed by atoms with Gasteiger partial charge in [0.15, 0.2) is 5.82 Å². The predicted molar refractivity (Wildman–Crippen MR) is 95.9 cm³/mol. The second-order valence-electron chi connectivity index (χ2n) is 5.23. The van der Waals surface area contributed by atoms with Crippen molar-refractivity contribution in [3.05, 3.63) is 73.1 Å². The third-order valence-corrected chi connectivity index (χ3v) is 3.57. The topological polar surface area (TPSA) is 69.0 Å². The molecule has 0 saturated carbocycles. The van der Waals surface area contributed by atoms with E-state index in [1.807, 2.05) is 54.6 Å². The van der Waals surface area contributed by atoms with Crippen LogP contribution >= 0.6 is 0 Å². The minimum Gasteiger partial charge on any atom is -0.497 e. The highest BCUT2D eigenvalue weighted by molar-refractivity contribution is 5.91. The average molecular weight is 334 g/mol. The maximum Gasteiger partial charge on any atom is 0.291 e. The second kappa shape index (κ2) is 7.44. The lowest BCUT2D eigenvalue weighted by Crippen LogP contribution is -2.24. The van der Waals surface area contributed by atoms with Crippen LogP contribution in [0.5, 0.6) is 5.75 Å². The Labute approximate surface area is 145 Å². The highest BCUT2D eigenvalue weighted by Gasteiger charge is 2.18. The summed E-state index contributed by atoms with van der Waals surface area (Å²) in [5, 5.41) is 7.08. The van der Waals surface area contributed by atoms with Crippen molar-refractivity contribution in [2.24, 2.45) is 0 Å². The van der Waals surface area contributed by atoms with Crippen LogP contribution in [0.25, 0.3) is 17.1 Å². The van der Waals surface area contributed by atoms with E-state index in [0.717, 1.165) is 17.0 Å². The number of nitrogens with one attached hydrogen (secondary N) is 1. The number of ether oxygens (including phenoxy) is 1. The Morgan fingerprint density at radius 2 is 1.92 bits per heavy atom. The Hall–Kier alpha value is -3.41. The van der Waals surface area contributed by atoms with Crippen molar-refractivity contribution in [1.82, 2.24) is 20.1 Å². The highest BCUT2D eigenvalue weighted by Crippen LogP contribution is 2.22. The molecule has 3 aromatic rings. The van der Waals surface area contributed by atoms with Gasteiger partial charge in [-0.2, -0.15) is 0 Å². The van der Waals surface area contributed by atoms with Crippen molar-refractivity contribution < 1.29 is 9.53 Å².